The third kappa shape index (κ3) is 4.25. The average molecular weight is 177 g/mol. The largest absolute Gasteiger partial charge is 0.348 e. The summed E-state index contributed by atoms with van der Waals surface area (Å²) in [6.07, 6.45) is 1.05. The van der Waals surface area contributed by atoms with Gasteiger partial charge in [0.15, 0.2) is 5.29 Å². The lowest BCUT2D eigenvalue weighted by molar-refractivity contribution is 0.472. The number of amidine groups is 1. The molecule has 0 bridgehead atoms. The van der Waals surface area contributed by atoms with E-state index in [1.165, 1.54) is 0 Å². The Kier molecular flexibility index (Phi) is 6.33. The summed E-state index contributed by atoms with van der Waals surface area (Å²) in [4.78, 5) is 6.23. The quantitative estimate of drug-likeness (QED) is 0.365. The van der Waals surface area contributed by atoms with Gasteiger partial charge >= 0.3 is 0 Å². The molecule has 0 aromatic carbocycles. The van der Waals surface area contributed by atoms with Crippen molar-refractivity contribution >= 4 is 16.9 Å². The van der Waals surface area contributed by atoms with Crippen LogP contribution in [0.3, 0.4) is 0 Å². The van der Waals surface area contributed by atoms with Gasteiger partial charge in [0.25, 0.3) is 0 Å². The van der Waals surface area contributed by atoms with E-state index in [4.69, 9.17) is 11.6 Å². The molecule has 0 aromatic heterocycles. The minimum atomic E-state index is 0.650. The standard InChI is InChI=1S/C8H17ClN2/c1-4-7-10-8(9)11(5-2)6-3/h4-7H2,1-3H3. The maximum Gasteiger partial charge on any atom is 0.193 e. The molecule has 0 heterocycles. The Morgan fingerprint density at radius 3 is 2.18 bits per heavy atom. The van der Waals surface area contributed by atoms with Crippen LogP contribution in [0.1, 0.15) is 27.2 Å². The van der Waals surface area contributed by atoms with Crippen LogP contribution < -0.4 is 0 Å². The number of hydrogen-bond donors (Lipinski definition) is 0. The molecule has 2 nitrogen and oxygen atoms in total. The van der Waals surface area contributed by atoms with Gasteiger partial charge < -0.3 is 4.90 Å². The highest BCUT2D eigenvalue weighted by atomic mass is 35.5. The summed E-state index contributed by atoms with van der Waals surface area (Å²) in [5.41, 5.74) is 0. The van der Waals surface area contributed by atoms with Gasteiger partial charge in [0.05, 0.1) is 0 Å². The van der Waals surface area contributed by atoms with E-state index in [0.717, 1.165) is 26.1 Å². The van der Waals surface area contributed by atoms with E-state index in [1.807, 2.05) is 4.90 Å². The Morgan fingerprint density at radius 2 is 1.82 bits per heavy atom. The van der Waals surface area contributed by atoms with Crippen LogP contribution in [0.5, 0.6) is 0 Å². The summed E-state index contributed by atoms with van der Waals surface area (Å²) in [5.74, 6) is 0. The molecular formula is C8H17ClN2. The van der Waals surface area contributed by atoms with E-state index in [0.29, 0.717) is 5.29 Å². The van der Waals surface area contributed by atoms with Gasteiger partial charge in [-0.1, -0.05) is 6.92 Å². The highest BCUT2D eigenvalue weighted by Crippen LogP contribution is 1.96. The van der Waals surface area contributed by atoms with E-state index in [1.54, 1.807) is 0 Å². The fraction of sp³-hybridized carbons (Fsp3) is 0.875. The van der Waals surface area contributed by atoms with Crippen LogP contribution in [0.4, 0.5) is 0 Å². The molecule has 0 saturated heterocycles. The van der Waals surface area contributed by atoms with Crippen molar-refractivity contribution in [2.24, 2.45) is 4.99 Å². The number of halogens is 1. The summed E-state index contributed by atoms with van der Waals surface area (Å²) >= 11 is 5.90. The van der Waals surface area contributed by atoms with Gasteiger partial charge in [-0.05, 0) is 31.9 Å². The lowest BCUT2D eigenvalue weighted by Gasteiger charge is -2.17. The van der Waals surface area contributed by atoms with Crippen LogP contribution >= 0.6 is 11.6 Å². The molecule has 11 heavy (non-hydrogen) atoms. The van der Waals surface area contributed by atoms with Gasteiger partial charge in [-0.3, -0.25) is 4.99 Å². The fourth-order valence-corrected chi connectivity index (χ4v) is 1.11. The zero-order chi connectivity index (χ0) is 8.69. The molecule has 0 atom stereocenters. The zero-order valence-electron chi connectivity index (χ0n) is 7.60. The fourth-order valence-electron chi connectivity index (χ4n) is 0.789. The molecule has 0 aliphatic carbocycles. The van der Waals surface area contributed by atoms with Crippen LogP contribution in [0.15, 0.2) is 4.99 Å². The molecule has 0 spiro atoms. The van der Waals surface area contributed by atoms with Crippen LogP contribution in [0, 0.1) is 0 Å². The molecule has 0 aliphatic heterocycles. The van der Waals surface area contributed by atoms with Crippen LogP contribution in [0.2, 0.25) is 0 Å². The smallest absolute Gasteiger partial charge is 0.193 e. The van der Waals surface area contributed by atoms with Gasteiger partial charge in [0.1, 0.15) is 0 Å². The third-order valence-corrected chi connectivity index (χ3v) is 1.85. The first-order chi connectivity index (χ1) is 5.26. The molecule has 3 heteroatoms. The molecule has 0 aliphatic rings. The maximum atomic E-state index is 5.90. The molecule has 0 unspecified atom stereocenters. The first kappa shape index (κ1) is 10.8. The van der Waals surface area contributed by atoms with Crippen molar-refractivity contribution < 1.29 is 0 Å². The number of hydrogen-bond acceptors (Lipinski definition) is 1. The lowest BCUT2D eigenvalue weighted by atomic mass is 10.5. The zero-order valence-corrected chi connectivity index (χ0v) is 8.36. The molecule has 66 valence electrons. The molecule has 0 saturated carbocycles. The van der Waals surface area contributed by atoms with E-state index in [9.17, 15) is 0 Å². The van der Waals surface area contributed by atoms with Gasteiger partial charge in [-0.2, -0.15) is 0 Å². The van der Waals surface area contributed by atoms with E-state index in [-0.39, 0.29) is 0 Å². The number of nitrogens with zero attached hydrogens (tertiary/aromatic N) is 2. The van der Waals surface area contributed by atoms with E-state index < -0.39 is 0 Å². The van der Waals surface area contributed by atoms with Crippen molar-refractivity contribution in [3.05, 3.63) is 0 Å². The van der Waals surface area contributed by atoms with Gasteiger partial charge in [-0.25, -0.2) is 0 Å². The number of aliphatic imine (C=N–C) groups is 1. The molecule has 0 rings (SSSR count). The first-order valence-corrected chi connectivity index (χ1v) is 4.58. The topological polar surface area (TPSA) is 15.6 Å². The minimum Gasteiger partial charge on any atom is -0.348 e. The van der Waals surface area contributed by atoms with Crippen LogP contribution in [-0.2, 0) is 0 Å². The van der Waals surface area contributed by atoms with Crippen molar-refractivity contribution in [3.8, 4) is 0 Å². The second-order valence-electron chi connectivity index (χ2n) is 2.32. The first-order valence-electron chi connectivity index (χ1n) is 4.21. The SMILES string of the molecule is CCCN=C(Cl)N(CC)CC. The Morgan fingerprint density at radius 1 is 1.27 bits per heavy atom. The summed E-state index contributed by atoms with van der Waals surface area (Å²) in [6.45, 7) is 8.94. The highest BCUT2D eigenvalue weighted by molar-refractivity contribution is 6.64. The molecule has 0 amide bonds. The van der Waals surface area contributed by atoms with Crippen LogP contribution in [-0.4, -0.2) is 29.8 Å². The van der Waals surface area contributed by atoms with Gasteiger partial charge in [-0.15, -0.1) is 0 Å². The molecule has 0 fully saturated rings. The lowest BCUT2D eigenvalue weighted by Crippen LogP contribution is -2.26. The molecule has 0 N–H and O–H groups in total. The average Bonchev–Trinajstić information content (AvgIpc) is 2.03. The van der Waals surface area contributed by atoms with Crippen molar-refractivity contribution in [2.45, 2.75) is 27.2 Å². The summed E-state index contributed by atoms with van der Waals surface area (Å²) in [7, 11) is 0. The van der Waals surface area contributed by atoms with Gasteiger partial charge in [0, 0.05) is 19.6 Å². The van der Waals surface area contributed by atoms with Crippen molar-refractivity contribution in [2.75, 3.05) is 19.6 Å². The number of rotatable bonds is 4. The maximum absolute atomic E-state index is 5.90. The normalized spacial score (nSPS) is 11.8. The Bertz CT molecular complexity index is 119. The second kappa shape index (κ2) is 6.47. The van der Waals surface area contributed by atoms with E-state index in [2.05, 4.69) is 25.8 Å². The van der Waals surface area contributed by atoms with E-state index >= 15 is 0 Å². The third-order valence-electron chi connectivity index (χ3n) is 1.49. The Balaban J connectivity index is 3.85. The Hall–Kier alpha value is -0.240. The predicted molar refractivity (Wildman–Crippen MR) is 51.4 cm³/mol. The molecule has 0 radical (unpaired) electrons. The van der Waals surface area contributed by atoms with Crippen molar-refractivity contribution in [3.63, 3.8) is 0 Å². The van der Waals surface area contributed by atoms with Crippen LogP contribution in [0.25, 0.3) is 0 Å². The van der Waals surface area contributed by atoms with Crippen molar-refractivity contribution in [1.82, 2.24) is 4.90 Å². The predicted octanol–water partition coefficient (Wildman–Crippen LogP) is 2.33. The molecular weight excluding hydrogens is 160 g/mol. The highest BCUT2D eigenvalue weighted by Gasteiger charge is 2.01. The molecule has 0 aromatic rings. The summed E-state index contributed by atoms with van der Waals surface area (Å²) < 4.78 is 0. The minimum absolute atomic E-state index is 0.650. The Labute approximate surface area is 74.3 Å². The summed E-state index contributed by atoms with van der Waals surface area (Å²) in [6, 6.07) is 0. The monoisotopic (exact) mass is 176 g/mol. The second-order valence-corrected chi connectivity index (χ2v) is 2.66. The van der Waals surface area contributed by atoms with Gasteiger partial charge in [0.2, 0.25) is 0 Å². The summed E-state index contributed by atoms with van der Waals surface area (Å²) in [5, 5.41) is 0.650. The van der Waals surface area contributed by atoms with Crippen molar-refractivity contribution in [1.29, 1.82) is 0 Å².